The summed E-state index contributed by atoms with van der Waals surface area (Å²) >= 11 is 3.52. The van der Waals surface area contributed by atoms with Crippen LogP contribution in [0.5, 0.6) is 0 Å². The average Bonchev–Trinajstić information content (AvgIpc) is 2.18. The monoisotopic (exact) mass is 269 g/mol. The van der Waals surface area contributed by atoms with E-state index in [4.69, 9.17) is 0 Å². The van der Waals surface area contributed by atoms with Crippen molar-refractivity contribution < 1.29 is 0 Å². The van der Waals surface area contributed by atoms with Gasteiger partial charge in [-0.1, -0.05) is 48.8 Å². The van der Waals surface area contributed by atoms with Crippen molar-refractivity contribution in [3.05, 3.63) is 34.3 Å². The van der Waals surface area contributed by atoms with E-state index in [1.165, 1.54) is 12.0 Å². The molecule has 1 rings (SSSR count). The van der Waals surface area contributed by atoms with Gasteiger partial charge in [0.25, 0.3) is 0 Å². The molecule has 0 aliphatic rings. The molecule has 15 heavy (non-hydrogen) atoms. The Morgan fingerprint density at radius 2 is 2.07 bits per heavy atom. The van der Waals surface area contributed by atoms with Gasteiger partial charge in [0.2, 0.25) is 0 Å². The van der Waals surface area contributed by atoms with E-state index in [2.05, 4.69) is 66.3 Å². The Kier molecular flexibility index (Phi) is 5.34. The van der Waals surface area contributed by atoms with Crippen molar-refractivity contribution in [2.45, 2.75) is 33.2 Å². The molecular formula is C13H20BrN. The van der Waals surface area contributed by atoms with E-state index in [-0.39, 0.29) is 0 Å². The molecule has 1 aromatic rings. The third-order valence-electron chi connectivity index (χ3n) is 2.49. The lowest BCUT2D eigenvalue weighted by Crippen LogP contribution is -2.26. The first-order valence-electron chi connectivity index (χ1n) is 5.64. The molecule has 84 valence electrons. The number of rotatable bonds is 5. The minimum absolute atomic E-state index is 0.461. The SMILES string of the molecule is CCCNC(c1cccc(Br)c1)C(C)C. The molecule has 0 amide bonds. The Morgan fingerprint density at radius 1 is 1.33 bits per heavy atom. The molecular weight excluding hydrogens is 250 g/mol. The van der Waals surface area contributed by atoms with Gasteiger partial charge in [0.05, 0.1) is 0 Å². The Hall–Kier alpha value is -0.340. The van der Waals surface area contributed by atoms with Gasteiger partial charge in [-0.15, -0.1) is 0 Å². The van der Waals surface area contributed by atoms with E-state index in [1.807, 2.05) is 0 Å². The second-order valence-electron chi connectivity index (χ2n) is 4.23. The predicted molar refractivity (Wildman–Crippen MR) is 70.0 cm³/mol. The van der Waals surface area contributed by atoms with Crippen LogP contribution in [0.4, 0.5) is 0 Å². The van der Waals surface area contributed by atoms with Crippen LogP contribution < -0.4 is 5.32 Å². The quantitative estimate of drug-likeness (QED) is 0.847. The molecule has 0 aromatic heterocycles. The normalized spacial score (nSPS) is 13.1. The fourth-order valence-corrected chi connectivity index (χ4v) is 2.16. The minimum Gasteiger partial charge on any atom is -0.310 e. The minimum atomic E-state index is 0.461. The second kappa shape index (κ2) is 6.29. The van der Waals surface area contributed by atoms with Crippen LogP contribution in [-0.4, -0.2) is 6.54 Å². The maximum atomic E-state index is 3.59. The zero-order chi connectivity index (χ0) is 11.3. The second-order valence-corrected chi connectivity index (χ2v) is 5.15. The maximum absolute atomic E-state index is 3.59. The van der Waals surface area contributed by atoms with Crippen LogP contribution in [0.2, 0.25) is 0 Å². The molecule has 0 aliphatic heterocycles. The lowest BCUT2D eigenvalue weighted by atomic mass is 9.96. The first-order valence-corrected chi connectivity index (χ1v) is 6.43. The Bertz CT molecular complexity index is 296. The van der Waals surface area contributed by atoms with Gasteiger partial charge in [-0.3, -0.25) is 0 Å². The highest BCUT2D eigenvalue weighted by Crippen LogP contribution is 2.24. The van der Waals surface area contributed by atoms with E-state index in [1.54, 1.807) is 0 Å². The van der Waals surface area contributed by atoms with E-state index >= 15 is 0 Å². The lowest BCUT2D eigenvalue weighted by Gasteiger charge is -2.23. The van der Waals surface area contributed by atoms with Crippen molar-refractivity contribution in [1.82, 2.24) is 5.32 Å². The summed E-state index contributed by atoms with van der Waals surface area (Å²) in [5.74, 6) is 0.617. The standard InChI is InChI=1S/C13H20BrN/c1-4-8-15-13(10(2)3)11-6-5-7-12(14)9-11/h5-7,9-10,13,15H,4,8H2,1-3H3. The largest absolute Gasteiger partial charge is 0.310 e. The highest BCUT2D eigenvalue weighted by atomic mass is 79.9. The van der Waals surface area contributed by atoms with Crippen LogP contribution in [-0.2, 0) is 0 Å². The Labute approximate surface area is 101 Å². The molecule has 0 saturated carbocycles. The molecule has 0 heterocycles. The first kappa shape index (κ1) is 12.7. The van der Waals surface area contributed by atoms with Gasteiger partial charge >= 0.3 is 0 Å². The summed E-state index contributed by atoms with van der Waals surface area (Å²) in [7, 11) is 0. The van der Waals surface area contributed by atoms with Crippen molar-refractivity contribution in [3.63, 3.8) is 0 Å². The lowest BCUT2D eigenvalue weighted by molar-refractivity contribution is 0.412. The van der Waals surface area contributed by atoms with Gasteiger partial charge in [-0.2, -0.15) is 0 Å². The van der Waals surface area contributed by atoms with Crippen LogP contribution >= 0.6 is 15.9 Å². The number of benzene rings is 1. The molecule has 0 aliphatic carbocycles. The maximum Gasteiger partial charge on any atom is 0.0343 e. The van der Waals surface area contributed by atoms with Crippen LogP contribution in [0, 0.1) is 5.92 Å². The van der Waals surface area contributed by atoms with Crippen molar-refractivity contribution in [1.29, 1.82) is 0 Å². The van der Waals surface area contributed by atoms with Gasteiger partial charge in [0.1, 0.15) is 0 Å². The van der Waals surface area contributed by atoms with Crippen LogP contribution in [0.25, 0.3) is 0 Å². The van der Waals surface area contributed by atoms with E-state index < -0.39 is 0 Å². The number of nitrogens with one attached hydrogen (secondary N) is 1. The third-order valence-corrected chi connectivity index (χ3v) is 2.98. The number of hydrogen-bond donors (Lipinski definition) is 1. The fraction of sp³-hybridized carbons (Fsp3) is 0.538. The summed E-state index contributed by atoms with van der Waals surface area (Å²) in [6.45, 7) is 7.79. The van der Waals surface area contributed by atoms with E-state index in [9.17, 15) is 0 Å². The van der Waals surface area contributed by atoms with Crippen LogP contribution in [0.1, 0.15) is 38.8 Å². The van der Waals surface area contributed by atoms with Crippen LogP contribution in [0.3, 0.4) is 0 Å². The van der Waals surface area contributed by atoms with Gasteiger partial charge < -0.3 is 5.32 Å². The highest BCUT2D eigenvalue weighted by molar-refractivity contribution is 9.10. The smallest absolute Gasteiger partial charge is 0.0343 e. The molecule has 0 radical (unpaired) electrons. The topological polar surface area (TPSA) is 12.0 Å². The fourth-order valence-electron chi connectivity index (χ4n) is 1.74. The third kappa shape index (κ3) is 3.96. The molecule has 1 nitrogen and oxygen atoms in total. The molecule has 0 bridgehead atoms. The van der Waals surface area contributed by atoms with Crippen molar-refractivity contribution in [2.75, 3.05) is 6.54 Å². The highest BCUT2D eigenvalue weighted by Gasteiger charge is 2.14. The molecule has 0 saturated heterocycles. The zero-order valence-corrected chi connectivity index (χ0v) is 11.3. The van der Waals surface area contributed by atoms with Gasteiger partial charge in [0, 0.05) is 10.5 Å². The Morgan fingerprint density at radius 3 is 2.60 bits per heavy atom. The molecule has 0 fully saturated rings. The number of hydrogen-bond acceptors (Lipinski definition) is 1. The summed E-state index contributed by atoms with van der Waals surface area (Å²) in [5, 5.41) is 3.59. The van der Waals surface area contributed by atoms with Crippen LogP contribution in [0.15, 0.2) is 28.7 Å². The van der Waals surface area contributed by atoms with Crippen molar-refractivity contribution in [2.24, 2.45) is 5.92 Å². The predicted octanol–water partition coefficient (Wildman–Crippen LogP) is 4.15. The average molecular weight is 270 g/mol. The van der Waals surface area contributed by atoms with Gasteiger partial charge in [0.15, 0.2) is 0 Å². The van der Waals surface area contributed by atoms with E-state index in [0.717, 1.165) is 11.0 Å². The van der Waals surface area contributed by atoms with E-state index in [0.29, 0.717) is 12.0 Å². The molecule has 0 spiro atoms. The summed E-state index contributed by atoms with van der Waals surface area (Å²) in [6.07, 6.45) is 1.18. The van der Waals surface area contributed by atoms with Crippen molar-refractivity contribution in [3.8, 4) is 0 Å². The summed E-state index contributed by atoms with van der Waals surface area (Å²) < 4.78 is 1.16. The number of halogens is 1. The first-order chi connectivity index (χ1) is 7.15. The van der Waals surface area contributed by atoms with Crippen molar-refractivity contribution >= 4 is 15.9 Å². The summed E-state index contributed by atoms with van der Waals surface area (Å²) in [6, 6.07) is 9.02. The van der Waals surface area contributed by atoms with Gasteiger partial charge in [-0.05, 0) is 36.6 Å². The zero-order valence-electron chi connectivity index (χ0n) is 9.76. The molecule has 1 unspecified atom stereocenters. The molecule has 1 aromatic carbocycles. The Balaban J connectivity index is 2.79. The van der Waals surface area contributed by atoms with Gasteiger partial charge in [-0.25, -0.2) is 0 Å². The molecule has 2 heteroatoms. The summed E-state index contributed by atoms with van der Waals surface area (Å²) in [5.41, 5.74) is 1.37. The summed E-state index contributed by atoms with van der Waals surface area (Å²) in [4.78, 5) is 0. The molecule has 1 N–H and O–H groups in total. The molecule has 1 atom stereocenters.